The van der Waals surface area contributed by atoms with Gasteiger partial charge in [-0.1, -0.05) is 120 Å². The molecule has 1 aromatic rings. The Labute approximate surface area is 190 Å². The molecule has 174 valence electrons. The van der Waals surface area contributed by atoms with E-state index in [0.717, 1.165) is 0 Å². The summed E-state index contributed by atoms with van der Waals surface area (Å²) in [5, 5.41) is 0. The molecule has 0 unspecified atom stereocenters. The van der Waals surface area contributed by atoms with Gasteiger partial charge in [0.1, 0.15) is 0 Å². The van der Waals surface area contributed by atoms with Crippen LogP contribution in [0.15, 0.2) is 30.3 Å². The zero-order chi connectivity index (χ0) is 21.8. The van der Waals surface area contributed by atoms with Gasteiger partial charge in [0.2, 0.25) is 0 Å². The van der Waals surface area contributed by atoms with Crippen LogP contribution in [0.25, 0.3) is 0 Å². The molecule has 0 fully saturated rings. The summed E-state index contributed by atoms with van der Waals surface area (Å²) >= 11 is 0. The van der Waals surface area contributed by atoms with Gasteiger partial charge in [0.25, 0.3) is 0 Å². The third kappa shape index (κ3) is 16.9. The van der Waals surface area contributed by atoms with Crippen LogP contribution in [0.1, 0.15) is 122 Å². The van der Waals surface area contributed by atoms with E-state index in [0.29, 0.717) is 0 Å². The van der Waals surface area contributed by atoms with Gasteiger partial charge in [-0.3, -0.25) is 0 Å². The summed E-state index contributed by atoms with van der Waals surface area (Å²) in [6.07, 6.45) is 25.9. The lowest BCUT2D eigenvalue weighted by Crippen LogP contribution is -2.39. The highest BCUT2D eigenvalue weighted by atomic mass is 15.3. The van der Waals surface area contributed by atoms with Crippen molar-refractivity contribution in [2.45, 2.75) is 122 Å². The van der Waals surface area contributed by atoms with E-state index in [1.54, 1.807) is 0 Å². The van der Waals surface area contributed by atoms with E-state index in [2.05, 4.69) is 51.4 Å². The molecule has 0 aromatic heterocycles. The van der Waals surface area contributed by atoms with Crippen molar-refractivity contribution in [3.05, 3.63) is 35.9 Å². The molecule has 0 saturated carbocycles. The van der Waals surface area contributed by atoms with Crippen LogP contribution in [-0.2, 0) is 6.42 Å². The summed E-state index contributed by atoms with van der Waals surface area (Å²) in [4.78, 5) is 0. The van der Waals surface area contributed by atoms with Gasteiger partial charge in [-0.05, 0) is 38.2 Å². The van der Waals surface area contributed by atoms with Crippen molar-refractivity contribution >= 4 is 0 Å². The molecule has 0 aliphatic heterocycles. The topological polar surface area (TPSA) is 0 Å². The minimum Gasteiger partial charge on any atom is -0.329 e. The maximum Gasteiger partial charge on any atom is 0.0782 e. The van der Waals surface area contributed by atoms with Crippen molar-refractivity contribution in [1.82, 2.24) is 0 Å². The van der Waals surface area contributed by atoms with Gasteiger partial charge in [-0.2, -0.15) is 0 Å². The predicted molar refractivity (Wildman–Crippen MR) is 136 cm³/mol. The minimum absolute atomic E-state index is 1.19. The molecule has 0 N–H and O–H groups in total. The lowest BCUT2D eigenvalue weighted by molar-refractivity contribution is -0.888. The summed E-state index contributed by atoms with van der Waals surface area (Å²) in [7, 11) is 4.71. The molecule has 0 aliphatic rings. The molecule has 0 heterocycles. The van der Waals surface area contributed by atoms with Gasteiger partial charge in [-0.15, -0.1) is 0 Å². The fourth-order valence-electron chi connectivity index (χ4n) is 4.32. The molecule has 0 aliphatic carbocycles. The standard InChI is InChI=1S/C29H54N/c1-4-30(2,3)28-24-19-17-15-13-11-9-7-5-6-8-10-12-14-16-18-21-25-29-26-22-20-23-27-29/h20,22-23,26-27H,4-19,21,24-25,28H2,1-3H3/q+1. The third-order valence-electron chi connectivity index (χ3n) is 6.93. The van der Waals surface area contributed by atoms with Crippen LogP contribution < -0.4 is 0 Å². The monoisotopic (exact) mass is 416 g/mol. The highest BCUT2D eigenvalue weighted by Gasteiger charge is 2.09. The summed E-state index contributed by atoms with van der Waals surface area (Å²) in [5.74, 6) is 0. The summed E-state index contributed by atoms with van der Waals surface area (Å²) in [6.45, 7) is 4.91. The average Bonchev–Trinajstić information content (AvgIpc) is 2.76. The normalized spacial score (nSPS) is 11.8. The maximum absolute atomic E-state index is 2.36. The maximum atomic E-state index is 2.36. The van der Waals surface area contributed by atoms with E-state index in [1.807, 2.05) is 0 Å². The van der Waals surface area contributed by atoms with Crippen molar-refractivity contribution in [3.63, 3.8) is 0 Å². The summed E-state index contributed by atoms with van der Waals surface area (Å²) in [6, 6.07) is 10.9. The Hall–Kier alpha value is -0.820. The van der Waals surface area contributed by atoms with E-state index >= 15 is 0 Å². The van der Waals surface area contributed by atoms with Crippen LogP contribution in [0.2, 0.25) is 0 Å². The Morgan fingerprint density at radius 3 is 1.27 bits per heavy atom. The Bertz CT molecular complexity index is 465. The molecular formula is C29H54N+. The first-order valence-electron chi connectivity index (χ1n) is 13.5. The second kappa shape index (κ2) is 18.9. The zero-order valence-electron chi connectivity index (χ0n) is 21.0. The second-order valence-corrected chi connectivity index (χ2v) is 10.2. The van der Waals surface area contributed by atoms with E-state index in [9.17, 15) is 0 Å². The molecule has 1 aromatic carbocycles. The summed E-state index contributed by atoms with van der Waals surface area (Å²) in [5.41, 5.74) is 1.50. The molecule has 0 saturated heterocycles. The number of nitrogens with zero attached hydrogens (tertiary/aromatic N) is 1. The molecule has 0 radical (unpaired) electrons. The number of quaternary nitrogens is 1. The van der Waals surface area contributed by atoms with Gasteiger partial charge in [0, 0.05) is 0 Å². The molecule has 30 heavy (non-hydrogen) atoms. The number of unbranched alkanes of at least 4 members (excludes halogenated alkanes) is 16. The van der Waals surface area contributed by atoms with Gasteiger partial charge >= 0.3 is 0 Å². The number of hydrogen-bond donors (Lipinski definition) is 0. The Kier molecular flexibility index (Phi) is 17.2. The van der Waals surface area contributed by atoms with E-state index in [-0.39, 0.29) is 0 Å². The lowest BCUT2D eigenvalue weighted by Gasteiger charge is -2.28. The van der Waals surface area contributed by atoms with Crippen LogP contribution in [0.5, 0.6) is 0 Å². The molecule has 1 nitrogen and oxygen atoms in total. The van der Waals surface area contributed by atoms with Gasteiger partial charge < -0.3 is 4.48 Å². The van der Waals surface area contributed by atoms with Gasteiger partial charge in [-0.25, -0.2) is 0 Å². The molecule has 0 bridgehead atoms. The Morgan fingerprint density at radius 1 is 0.500 bits per heavy atom. The van der Waals surface area contributed by atoms with Crippen molar-refractivity contribution in [2.24, 2.45) is 0 Å². The summed E-state index contributed by atoms with van der Waals surface area (Å²) < 4.78 is 1.19. The number of rotatable bonds is 21. The average molecular weight is 417 g/mol. The van der Waals surface area contributed by atoms with Crippen LogP contribution in [0.3, 0.4) is 0 Å². The fourth-order valence-corrected chi connectivity index (χ4v) is 4.32. The van der Waals surface area contributed by atoms with E-state index in [4.69, 9.17) is 0 Å². The van der Waals surface area contributed by atoms with Crippen molar-refractivity contribution in [2.75, 3.05) is 27.2 Å². The third-order valence-corrected chi connectivity index (χ3v) is 6.93. The van der Waals surface area contributed by atoms with Crippen LogP contribution in [0, 0.1) is 0 Å². The number of aryl methyl sites for hydroxylation is 1. The highest BCUT2D eigenvalue weighted by molar-refractivity contribution is 5.14. The largest absolute Gasteiger partial charge is 0.329 e. The van der Waals surface area contributed by atoms with E-state index in [1.165, 1.54) is 139 Å². The van der Waals surface area contributed by atoms with E-state index < -0.39 is 0 Å². The van der Waals surface area contributed by atoms with Gasteiger partial charge in [0.15, 0.2) is 0 Å². The highest BCUT2D eigenvalue weighted by Crippen LogP contribution is 2.15. The first kappa shape index (κ1) is 27.2. The first-order chi connectivity index (χ1) is 14.6. The second-order valence-electron chi connectivity index (χ2n) is 10.2. The Morgan fingerprint density at radius 2 is 0.867 bits per heavy atom. The van der Waals surface area contributed by atoms with Crippen LogP contribution in [0.4, 0.5) is 0 Å². The van der Waals surface area contributed by atoms with Crippen LogP contribution in [-0.4, -0.2) is 31.7 Å². The number of benzene rings is 1. The quantitative estimate of drug-likeness (QED) is 0.138. The molecular weight excluding hydrogens is 362 g/mol. The van der Waals surface area contributed by atoms with Gasteiger partial charge in [0.05, 0.1) is 27.2 Å². The molecule has 0 atom stereocenters. The van der Waals surface area contributed by atoms with Crippen molar-refractivity contribution in [3.8, 4) is 0 Å². The number of hydrogen-bond acceptors (Lipinski definition) is 0. The predicted octanol–water partition coefficient (Wildman–Crippen LogP) is 8.96. The smallest absolute Gasteiger partial charge is 0.0782 e. The SMILES string of the molecule is CC[N+](C)(C)CCCCCCCCCCCCCCCCCCCc1ccccc1. The van der Waals surface area contributed by atoms with Crippen molar-refractivity contribution < 1.29 is 4.48 Å². The minimum atomic E-state index is 1.19. The molecule has 0 amide bonds. The zero-order valence-corrected chi connectivity index (χ0v) is 21.0. The Balaban J connectivity index is 1.70. The first-order valence-corrected chi connectivity index (χ1v) is 13.5. The lowest BCUT2D eigenvalue weighted by atomic mass is 10.0. The molecule has 1 heteroatoms. The fraction of sp³-hybridized carbons (Fsp3) is 0.793. The molecule has 0 spiro atoms. The van der Waals surface area contributed by atoms with Crippen molar-refractivity contribution in [1.29, 1.82) is 0 Å². The molecule has 1 rings (SSSR count). The van der Waals surface area contributed by atoms with Crippen LogP contribution >= 0.6 is 0 Å².